The minimum Gasteiger partial charge on any atom is -0.176 e. The number of rotatable bonds is 2. The van der Waals surface area contributed by atoms with E-state index in [1.807, 2.05) is 0 Å². The van der Waals surface area contributed by atoms with Crippen LogP contribution in [-0.4, -0.2) is 5.25 Å². The van der Waals surface area contributed by atoms with E-state index in [0.717, 1.165) is 11.8 Å². The minimum atomic E-state index is 0.617. The molecule has 0 bridgehead atoms. The fourth-order valence-electron chi connectivity index (χ4n) is 2.98. The Labute approximate surface area is 99.2 Å². The molecule has 0 aromatic rings. The summed E-state index contributed by atoms with van der Waals surface area (Å²) in [5.74, 6) is 1.55. The van der Waals surface area contributed by atoms with Gasteiger partial charge in [0, 0.05) is 5.25 Å². The minimum absolute atomic E-state index is 0.617. The Morgan fingerprint density at radius 3 is 2.80 bits per heavy atom. The quantitative estimate of drug-likeness (QED) is 0.520. The summed E-state index contributed by atoms with van der Waals surface area (Å²) in [4.78, 5) is 0. The summed E-state index contributed by atoms with van der Waals surface area (Å²) >= 11 is 4.62. The molecule has 0 saturated heterocycles. The Balaban J connectivity index is 2.15. The lowest BCUT2D eigenvalue weighted by atomic mass is 9.82. The van der Waals surface area contributed by atoms with Crippen LogP contribution in [0.15, 0.2) is 23.3 Å². The van der Waals surface area contributed by atoms with Crippen molar-refractivity contribution >= 4 is 12.6 Å². The van der Waals surface area contributed by atoms with Gasteiger partial charge in [-0.3, -0.25) is 0 Å². The van der Waals surface area contributed by atoms with Crippen LogP contribution in [0.2, 0.25) is 0 Å². The van der Waals surface area contributed by atoms with Gasteiger partial charge in [-0.25, -0.2) is 0 Å². The molecule has 2 aliphatic carbocycles. The van der Waals surface area contributed by atoms with Gasteiger partial charge in [0.25, 0.3) is 0 Å². The fourth-order valence-corrected chi connectivity index (χ4v) is 3.32. The molecule has 0 aromatic carbocycles. The summed E-state index contributed by atoms with van der Waals surface area (Å²) in [6.07, 6.45) is 11.2. The van der Waals surface area contributed by atoms with E-state index in [1.165, 1.54) is 32.1 Å². The topological polar surface area (TPSA) is 0 Å². The van der Waals surface area contributed by atoms with Crippen LogP contribution in [0.3, 0.4) is 0 Å². The molecule has 2 aliphatic rings. The van der Waals surface area contributed by atoms with Crippen molar-refractivity contribution < 1.29 is 0 Å². The summed E-state index contributed by atoms with van der Waals surface area (Å²) in [6, 6.07) is 0. The average Bonchev–Trinajstić information content (AvgIpc) is 2.64. The van der Waals surface area contributed by atoms with E-state index >= 15 is 0 Å². The molecule has 3 atom stereocenters. The second kappa shape index (κ2) is 4.78. The van der Waals surface area contributed by atoms with Crippen molar-refractivity contribution in [3.8, 4) is 0 Å². The maximum atomic E-state index is 4.62. The highest BCUT2D eigenvalue weighted by Gasteiger charge is 2.25. The van der Waals surface area contributed by atoms with Gasteiger partial charge in [0.05, 0.1) is 0 Å². The van der Waals surface area contributed by atoms with Gasteiger partial charge in [0.2, 0.25) is 0 Å². The lowest BCUT2D eigenvalue weighted by molar-refractivity contribution is 0.550. The van der Waals surface area contributed by atoms with Gasteiger partial charge in [-0.15, -0.1) is 0 Å². The van der Waals surface area contributed by atoms with Crippen molar-refractivity contribution in [3.63, 3.8) is 0 Å². The summed E-state index contributed by atoms with van der Waals surface area (Å²) < 4.78 is 0. The van der Waals surface area contributed by atoms with E-state index in [9.17, 15) is 0 Å². The van der Waals surface area contributed by atoms with Crippen molar-refractivity contribution in [1.82, 2.24) is 0 Å². The molecule has 0 N–H and O–H groups in total. The van der Waals surface area contributed by atoms with Crippen molar-refractivity contribution in [2.24, 2.45) is 11.8 Å². The molecule has 0 radical (unpaired) electrons. The van der Waals surface area contributed by atoms with Gasteiger partial charge >= 0.3 is 0 Å². The molecule has 0 spiro atoms. The van der Waals surface area contributed by atoms with Gasteiger partial charge in [-0.05, 0) is 43.9 Å². The molecule has 1 heteroatoms. The van der Waals surface area contributed by atoms with Crippen molar-refractivity contribution in [3.05, 3.63) is 23.3 Å². The Hall–Kier alpha value is -0.170. The van der Waals surface area contributed by atoms with E-state index in [1.54, 1.807) is 11.1 Å². The van der Waals surface area contributed by atoms with Gasteiger partial charge in [-0.1, -0.05) is 37.1 Å². The Bertz CT molecular complexity index is 288. The monoisotopic (exact) mass is 222 g/mol. The number of hydrogen-bond acceptors (Lipinski definition) is 1. The standard InChI is InChI=1S/C14H22S/c1-3-11-9-13(15)6-7-14(11)12-5-4-10(2)8-12/h4-5,10,12-13,15H,3,6-9H2,1-2H3. The molecular weight excluding hydrogens is 200 g/mol. The van der Waals surface area contributed by atoms with Crippen LogP contribution in [0.5, 0.6) is 0 Å². The van der Waals surface area contributed by atoms with Crippen molar-refractivity contribution in [1.29, 1.82) is 0 Å². The number of thiol groups is 1. The average molecular weight is 222 g/mol. The Kier molecular flexibility index (Phi) is 3.60. The fraction of sp³-hybridized carbons (Fsp3) is 0.714. The SMILES string of the molecule is CCC1=C(C2C=CC(C)C2)CCC(S)C1. The first-order valence-corrected chi connectivity index (χ1v) is 6.79. The third kappa shape index (κ3) is 2.50. The molecule has 0 amide bonds. The van der Waals surface area contributed by atoms with Crippen LogP contribution in [-0.2, 0) is 0 Å². The zero-order valence-electron chi connectivity index (χ0n) is 9.87. The third-order valence-electron chi connectivity index (χ3n) is 3.86. The van der Waals surface area contributed by atoms with Gasteiger partial charge in [0.1, 0.15) is 0 Å². The first-order valence-electron chi connectivity index (χ1n) is 6.27. The lowest BCUT2D eigenvalue weighted by Crippen LogP contribution is -2.14. The number of hydrogen-bond donors (Lipinski definition) is 1. The van der Waals surface area contributed by atoms with E-state index in [4.69, 9.17) is 0 Å². The maximum absolute atomic E-state index is 4.62. The van der Waals surface area contributed by atoms with Crippen LogP contribution in [0, 0.1) is 11.8 Å². The van der Waals surface area contributed by atoms with Crippen LogP contribution in [0.4, 0.5) is 0 Å². The zero-order valence-corrected chi connectivity index (χ0v) is 10.8. The van der Waals surface area contributed by atoms with E-state index in [-0.39, 0.29) is 0 Å². The molecule has 0 aromatic heterocycles. The molecule has 0 saturated carbocycles. The van der Waals surface area contributed by atoms with Crippen molar-refractivity contribution in [2.75, 3.05) is 0 Å². The molecule has 2 rings (SSSR count). The zero-order chi connectivity index (χ0) is 10.8. The van der Waals surface area contributed by atoms with E-state index in [0.29, 0.717) is 5.25 Å². The predicted octanol–water partition coefficient (Wildman–Crippen LogP) is 4.39. The Morgan fingerprint density at radius 1 is 1.40 bits per heavy atom. The summed E-state index contributed by atoms with van der Waals surface area (Å²) in [5.41, 5.74) is 3.45. The normalized spacial score (nSPS) is 36.3. The largest absolute Gasteiger partial charge is 0.176 e. The Morgan fingerprint density at radius 2 is 2.20 bits per heavy atom. The second-order valence-corrected chi connectivity index (χ2v) is 5.81. The first kappa shape index (κ1) is 11.3. The van der Waals surface area contributed by atoms with Gasteiger partial charge in [-0.2, -0.15) is 12.6 Å². The maximum Gasteiger partial charge on any atom is 0.00571 e. The third-order valence-corrected chi connectivity index (χ3v) is 4.30. The van der Waals surface area contributed by atoms with Crippen LogP contribution >= 0.6 is 12.6 Å². The summed E-state index contributed by atoms with van der Waals surface area (Å²) in [6.45, 7) is 4.62. The van der Waals surface area contributed by atoms with Crippen LogP contribution in [0.1, 0.15) is 46.0 Å². The summed E-state index contributed by atoms with van der Waals surface area (Å²) in [5, 5.41) is 0.617. The second-order valence-electron chi connectivity index (χ2n) is 5.08. The molecule has 15 heavy (non-hydrogen) atoms. The van der Waals surface area contributed by atoms with Gasteiger partial charge < -0.3 is 0 Å². The van der Waals surface area contributed by atoms with Crippen molar-refractivity contribution in [2.45, 2.75) is 51.2 Å². The highest BCUT2D eigenvalue weighted by Crippen LogP contribution is 2.39. The predicted molar refractivity (Wildman–Crippen MR) is 70.4 cm³/mol. The molecule has 0 aliphatic heterocycles. The number of allylic oxidation sites excluding steroid dienone is 4. The molecule has 0 heterocycles. The molecule has 0 nitrogen and oxygen atoms in total. The van der Waals surface area contributed by atoms with Gasteiger partial charge in [0.15, 0.2) is 0 Å². The molecular formula is C14H22S. The van der Waals surface area contributed by atoms with Crippen LogP contribution in [0.25, 0.3) is 0 Å². The summed E-state index contributed by atoms with van der Waals surface area (Å²) in [7, 11) is 0. The molecule has 0 fully saturated rings. The molecule has 3 unspecified atom stereocenters. The highest BCUT2D eigenvalue weighted by molar-refractivity contribution is 7.80. The lowest BCUT2D eigenvalue weighted by Gasteiger charge is -2.27. The van der Waals surface area contributed by atoms with E-state index < -0.39 is 0 Å². The molecule has 84 valence electrons. The van der Waals surface area contributed by atoms with E-state index in [2.05, 4.69) is 38.6 Å². The highest BCUT2D eigenvalue weighted by atomic mass is 32.1. The first-order chi connectivity index (χ1) is 7.20. The smallest absolute Gasteiger partial charge is 0.00571 e. The van der Waals surface area contributed by atoms with Crippen LogP contribution < -0.4 is 0 Å².